The molecule has 1 aliphatic rings. The van der Waals surface area contributed by atoms with Crippen molar-refractivity contribution in [2.24, 2.45) is 17.2 Å². The van der Waals surface area contributed by atoms with Crippen molar-refractivity contribution in [2.45, 2.75) is 13.0 Å². The van der Waals surface area contributed by atoms with E-state index >= 15 is 0 Å². The number of nitrogens with zero attached hydrogens (tertiary/aromatic N) is 1. The van der Waals surface area contributed by atoms with Gasteiger partial charge in [-0.05, 0) is 30.2 Å². The number of hydrogen-bond acceptors (Lipinski definition) is 6. The van der Waals surface area contributed by atoms with E-state index in [0.29, 0.717) is 18.9 Å². The lowest BCUT2D eigenvalue weighted by Gasteiger charge is -2.30. The average Bonchev–Trinajstić information content (AvgIpc) is 2.81. The minimum atomic E-state index is -0.735. The summed E-state index contributed by atoms with van der Waals surface area (Å²) in [5.74, 6) is -0.574. The molecule has 0 amide bonds. The summed E-state index contributed by atoms with van der Waals surface area (Å²) in [7, 11) is 0. The molecule has 6 nitrogen and oxygen atoms in total. The molecule has 1 saturated heterocycles. The molecule has 0 aromatic heterocycles. The van der Waals surface area contributed by atoms with E-state index in [-0.39, 0.29) is 27.2 Å². The lowest BCUT2D eigenvalue weighted by atomic mass is 10.1. The van der Waals surface area contributed by atoms with Crippen LogP contribution >= 0.6 is 23.2 Å². The molecule has 1 atom stereocenters. The van der Waals surface area contributed by atoms with Gasteiger partial charge in [0.15, 0.2) is 5.76 Å². The third-order valence-corrected chi connectivity index (χ3v) is 6.02. The molecule has 2 aromatic rings. The zero-order chi connectivity index (χ0) is 24.1. The van der Waals surface area contributed by atoms with Crippen LogP contribution in [0.1, 0.15) is 29.7 Å². The molecular weight excluding hydrogens is 466 g/mol. The van der Waals surface area contributed by atoms with Crippen LogP contribution in [-0.2, 0) is 9.47 Å². The van der Waals surface area contributed by atoms with Gasteiger partial charge in [0.2, 0.25) is 0 Å². The van der Waals surface area contributed by atoms with E-state index in [1.807, 2.05) is 24.3 Å². The lowest BCUT2D eigenvalue weighted by molar-refractivity contribution is 0.0641. The van der Waals surface area contributed by atoms with Crippen molar-refractivity contribution in [3.63, 3.8) is 0 Å². The third kappa shape index (κ3) is 5.93. The SMILES string of the molecule is C=C(c1ccc(/C(N)=C/C(OC(C)c2c(Cl)ccc(F)c2Cl)=C(N)N)cc1)N1CCOCC1. The number of hydrogen-bond donors (Lipinski definition) is 3. The van der Waals surface area contributed by atoms with E-state index in [2.05, 4.69) is 11.5 Å². The van der Waals surface area contributed by atoms with Gasteiger partial charge in [-0.15, -0.1) is 0 Å². The number of morpholine rings is 1. The first-order chi connectivity index (χ1) is 15.7. The monoisotopic (exact) mass is 492 g/mol. The Balaban J connectivity index is 1.78. The lowest BCUT2D eigenvalue weighted by Crippen LogP contribution is -2.34. The molecule has 2 aromatic carbocycles. The average molecular weight is 493 g/mol. The zero-order valence-corrected chi connectivity index (χ0v) is 19.8. The number of allylic oxidation sites excluding steroid dienone is 1. The molecule has 0 radical (unpaired) electrons. The summed E-state index contributed by atoms with van der Waals surface area (Å²) >= 11 is 12.3. The summed E-state index contributed by atoms with van der Waals surface area (Å²) in [5.41, 5.74) is 21.2. The molecule has 1 aliphatic heterocycles. The summed E-state index contributed by atoms with van der Waals surface area (Å²) in [4.78, 5) is 2.19. The Labute approximate surface area is 203 Å². The second-order valence-corrected chi connectivity index (χ2v) is 8.34. The van der Waals surface area contributed by atoms with Gasteiger partial charge in [-0.3, -0.25) is 0 Å². The van der Waals surface area contributed by atoms with Crippen LogP contribution in [0.2, 0.25) is 10.0 Å². The van der Waals surface area contributed by atoms with Crippen LogP contribution in [0.25, 0.3) is 11.4 Å². The molecule has 0 spiro atoms. The molecule has 9 heteroatoms. The van der Waals surface area contributed by atoms with Gasteiger partial charge in [-0.2, -0.15) is 0 Å². The van der Waals surface area contributed by atoms with Crippen molar-refractivity contribution in [1.82, 2.24) is 4.90 Å². The predicted molar refractivity (Wildman–Crippen MR) is 131 cm³/mol. The Morgan fingerprint density at radius 2 is 1.70 bits per heavy atom. The quantitative estimate of drug-likeness (QED) is 0.296. The second-order valence-electron chi connectivity index (χ2n) is 7.56. The Morgan fingerprint density at radius 3 is 2.30 bits per heavy atom. The van der Waals surface area contributed by atoms with Crippen LogP contribution in [0.3, 0.4) is 0 Å². The maximum atomic E-state index is 13.9. The van der Waals surface area contributed by atoms with Gasteiger partial charge in [-0.25, -0.2) is 4.39 Å². The summed E-state index contributed by atoms with van der Waals surface area (Å²) in [6.45, 7) is 8.84. The van der Waals surface area contributed by atoms with Crippen LogP contribution in [0.4, 0.5) is 4.39 Å². The molecule has 0 saturated carbocycles. The minimum Gasteiger partial charge on any atom is -0.482 e. The molecule has 1 fully saturated rings. The Hall–Kier alpha value is -2.87. The highest BCUT2D eigenvalue weighted by atomic mass is 35.5. The largest absolute Gasteiger partial charge is 0.482 e. The van der Waals surface area contributed by atoms with Crippen molar-refractivity contribution in [2.75, 3.05) is 26.3 Å². The molecule has 33 heavy (non-hydrogen) atoms. The van der Waals surface area contributed by atoms with Gasteiger partial charge in [0, 0.05) is 41.1 Å². The molecule has 176 valence electrons. The molecule has 0 bridgehead atoms. The summed E-state index contributed by atoms with van der Waals surface area (Å²) in [6, 6.07) is 10.2. The van der Waals surface area contributed by atoms with E-state index in [1.165, 1.54) is 18.2 Å². The third-order valence-electron chi connectivity index (χ3n) is 5.31. The van der Waals surface area contributed by atoms with Crippen molar-refractivity contribution in [3.8, 4) is 0 Å². The van der Waals surface area contributed by atoms with Crippen LogP contribution in [0.5, 0.6) is 0 Å². The van der Waals surface area contributed by atoms with Gasteiger partial charge in [-0.1, -0.05) is 54.0 Å². The van der Waals surface area contributed by atoms with Crippen LogP contribution < -0.4 is 17.2 Å². The fourth-order valence-electron chi connectivity index (χ4n) is 3.45. The smallest absolute Gasteiger partial charge is 0.161 e. The van der Waals surface area contributed by atoms with Gasteiger partial charge in [0.05, 0.1) is 18.2 Å². The van der Waals surface area contributed by atoms with Crippen molar-refractivity contribution < 1.29 is 13.9 Å². The first-order valence-corrected chi connectivity index (χ1v) is 11.1. The fourth-order valence-corrected chi connectivity index (χ4v) is 4.12. The van der Waals surface area contributed by atoms with Crippen molar-refractivity contribution in [1.29, 1.82) is 0 Å². The van der Waals surface area contributed by atoms with Gasteiger partial charge in [0.25, 0.3) is 0 Å². The Kier molecular flexibility index (Phi) is 8.13. The molecule has 1 unspecified atom stereocenters. The number of benzene rings is 2. The highest BCUT2D eigenvalue weighted by Gasteiger charge is 2.20. The highest BCUT2D eigenvalue weighted by molar-refractivity contribution is 6.36. The van der Waals surface area contributed by atoms with Crippen LogP contribution in [0, 0.1) is 5.82 Å². The molecular formula is C24H27Cl2FN4O2. The van der Waals surface area contributed by atoms with E-state index in [4.69, 9.17) is 49.9 Å². The molecule has 6 N–H and O–H groups in total. The summed E-state index contributed by atoms with van der Waals surface area (Å²) < 4.78 is 25.1. The Bertz CT molecular complexity index is 1080. The molecule has 3 rings (SSSR count). The fraction of sp³-hybridized carbons (Fsp3) is 0.250. The molecule has 0 aliphatic carbocycles. The number of nitrogens with two attached hydrogens (primary N) is 3. The first-order valence-electron chi connectivity index (χ1n) is 10.3. The van der Waals surface area contributed by atoms with Gasteiger partial charge < -0.3 is 31.6 Å². The zero-order valence-electron chi connectivity index (χ0n) is 18.3. The minimum absolute atomic E-state index is 0.0919. The standard InChI is InChI=1S/C24H27Cl2FN4O2/c1-14(31-9-11-32-12-10-31)16-3-5-17(6-4-16)20(28)13-21(24(29)30)33-15(2)22-18(25)7-8-19(27)23(22)26/h3-8,13,15H,1,9-12,28-30H2,2H3/b20-13-. The topological polar surface area (TPSA) is 99.8 Å². The van der Waals surface area contributed by atoms with E-state index in [0.717, 1.165) is 29.9 Å². The van der Waals surface area contributed by atoms with Gasteiger partial charge in [0.1, 0.15) is 17.7 Å². The van der Waals surface area contributed by atoms with Crippen LogP contribution in [0.15, 0.2) is 60.6 Å². The van der Waals surface area contributed by atoms with E-state index < -0.39 is 11.9 Å². The van der Waals surface area contributed by atoms with Crippen molar-refractivity contribution >= 4 is 34.6 Å². The van der Waals surface area contributed by atoms with E-state index in [9.17, 15) is 4.39 Å². The summed E-state index contributed by atoms with van der Waals surface area (Å²) in [5, 5.41) is 0.134. The van der Waals surface area contributed by atoms with E-state index in [1.54, 1.807) is 6.92 Å². The van der Waals surface area contributed by atoms with Crippen molar-refractivity contribution in [3.05, 3.63) is 93.2 Å². The van der Waals surface area contributed by atoms with Crippen LogP contribution in [-0.4, -0.2) is 31.2 Å². The second kappa shape index (κ2) is 10.8. The maximum absolute atomic E-state index is 13.9. The predicted octanol–water partition coefficient (Wildman–Crippen LogP) is 4.60. The van der Waals surface area contributed by atoms with Gasteiger partial charge >= 0.3 is 0 Å². The first kappa shape index (κ1) is 24.8. The Morgan fingerprint density at radius 1 is 1.09 bits per heavy atom. The number of rotatable bonds is 7. The highest BCUT2D eigenvalue weighted by Crippen LogP contribution is 2.35. The summed E-state index contributed by atoms with van der Waals surface area (Å²) in [6.07, 6.45) is 0.778. The number of halogens is 3. The normalized spacial score (nSPS) is 15.2. The number of ether oxygens (including phenoxy) is 2. The maximum Gasteiger partial charge on any atom is 0.161 e. The molecule has 1 heterocycles.